The molecule has 0 aliphatic heterocycles. The van der Waals surface area contributed by atoms with Crippen LogP contribution in [0.4, 0.5) is 0 Å². The summed E-state index contributed by atoms with van der Waals surface area (Å²) in [6.07, 6.45) is 0. The van der Waals surface area contributed by atoms with Gasteiger partial charge >= 0.3 is 0 Å². The Bertz CT molecular complexity index is 296. The summed E-state index contributed by atoms with van der Waals surface area (Å²) < 4.78 is 0.757. The predicted molar refractivity (Wildman–Crippen MR) is 48.0 cm³/mol. The molecule has 3 heteroatoms. The maximum absolute atomic E-state index is 10.9. The number of carbonyl (C=O) groups is 1. The number of rotatable bonds is 1. The summed E-state index contributed by atoms with van der Waals surface area (Å²) in [6, 6.07) is 6.06. The Hall–Kier alpha value is -0.340. The van der Waals surface area contributed by atoms with Gasteiger partial charge in [-0.1, -0.05) is 27.5 Å². The third-order valence-electron chi connectivity index (χ3n) is 1.24. The summed E-state index contributed by atoms with van der Waals surface area (Å²) in [6.45, 7) is 1.48. The minimum absolute atomic E-state index is 0.0428. The van der Waals surface area contributed by atoms with Crippen LogP contribution in [0.3, 0.4) is 0 Å². The van der Waals surface area contributed by atoms with Crippen LogP contribution in [0.2, 0.25) is 5.02 Å². The number of benzene rings is 1. The molecular weight excluding hydrogens is 227 g/mol. The zero-order valence-corrected chi connectivity index (χ0v) is 8.16. The van der Waals surface area contributed by atoms with Crippen LogP contribution in [-0.2, 0) is 0 Å². The Kier molecular flexibility index (Phi) is 2.68. The van der Waals surface area contributed by atoms with E-state index in [1.807, 2.05) is 0 Å². The molecule has 0 atom stereocenters. The molecule has 0 aromatic heterocycles. The molecule has 0 fully saturated rings. The second-order valence-corrected chi connectivity index (χ2v) is 3.36. The third kappa shape index (κ3) is 2.04. The van der Waals surface area contributed by atoms with Gasteiger partial charge in [0, 0.05) is 10.0 Å². The second-order valence-electron chi connectivity index (χ2n) is 2.10. The Morgan fingerprint density at radius 2 is 2.36 bits per heavy atom. The Morgan fingerprint density at radius 3 is 2.82 bits per heavy atom. The van der Waals surface area contributed by atoms with E-state index in [9.17, 15) is 4.79 Å². The lowest BCUT2D eigenvalue weighted by Crippen LogP contribution is -1.92. The van der Waals surface area contributed by atoms with E-state index < -0.39 is 0 Å². The van der Waals surface area contributed by atoms with Crippen LogP contribution in [0, 0.1) is 6.07 Å². The molecule has 0 saturated carbocycles. The van der Waals surface area contributed by atoms with Gasteiger partial charge in [-0.3, -0.25) is 4.79 Å². The quantitative estimate of drug-likeness (QED) is 0.680. The highest BCUT2D eigenvalue weighted by molar-refractivity contribution is 9.10. The Morgan fingerprint density at radius 1 is 1.73 bits per heavy atom. The number of halogens is 2. The number of carbonyl (C=O) groups excluding carboxylic acids is 1. The Labute approximate surface area is 78.5 Å². The summed E-state index contributed by atoms with van der Waals surface area (Å²) in [5.74, 6) is -0.0428. The zero-order chi connectivity index (χ0) is 8.43. The van der Waals surface area contributed by atoms with Crippen molar-refractivity contribution in [2.24, 2.45) is 0 Å². The van der Waals surface area contributed by atoms with Crippen LogP contribution < -0.4 is 0 Å². The van der Waals surface area contributed by atoms with Gasteiger partial charge in [0.15, 0.2) is 5.78 Å². The standard InChI is InChI=1S/C8H5BrClO/c1-5(11)7-3-2-6(9)4-8(7)10/h3-4H,1H3. The van der Waals surface area contributed by atoms with Gasteiger partial charge < -0.3 is 0 Å². The molecule has 0 bridgehead atoms. The van der Waals surface area contributed by atoms with Crippen molar-refractivity contribution in [1.29, 1.82) is 0 Å². The van der Waals surface area contributed by atoms with Gasteiger partial charge in [-0.25, -0.2) is 0 Å². The summed E-state index contributed by atoms with van der Waals surface area (Å²) in [4.78, 5) is 10.9. The molecule has 1 nitrogen and oxygen atoms in total. The number of Topliss-reactive ketones (excluding diaryl/α,β-unsaturated/α-hetero) is 1. The van der Waals surface area contributed by atoms with E-state index in [-0.39, 0.29) is 5.78 Å². The van der Waals surface area contributed by atoms with Crippen LogP contribution in [0.15, 0.2) is 16.6 Å². The van der Waals surface area contributed by atoms with E-state index >= 15 is 0 Å². The minimum Gasteiger partial charge on any atom is -0.294 e. The van der Waals surface area contributed by atoms with Crippen molar-refractivity contribution < 1.29 is 4.79 Å². The average molecular weight is 232 g/mol. The van der Waals surface area contributed by atoms with Gasteiger partial charge in [-0.15, -0.1) is 0 Å². The molecule has 0 aliphatic rings. The lowest BCUT2D eigenvalue weighted by atomic mass is 10.1. The molecule has 1 radical (unpaired) electrons. The van der Waals surface area contributed by atoms with Gasteiger partial charge in [0.2, 0.25) is 0 Å². The van der Waals surface area contributed by atoms with Crippen molar-refractivity contribution >= 4 is 33.3 Å². The first-order valence-electron chi connectivity index (χ1n) is 2.99. The maximum atomic E-state index is 10.9. The molecule has 57 valence electrons. The molecule has 0 spiro atoms. The number of hydrogen-bond donors (Lipinski definition) is 0. The fourth-order valence-electron chi connectivity index (χ4n) is 0.711. The summed E-state index contributed by atoms with van der Waals surface area (Å²) in [5, 5.41) is 0.461. The fraction of sp³-hybridized carbons (Fsp3) is 0.125. The van der Waals surface area contributed by atoms with Crippen molar-refractivity contribution in [3.05, 3.63) is 33.3 Å². The highest BCUT2D eigenvalue weighted by Gasteiger charge is 2.04. The van der Waals surface area contributed by atoms with Crippen molar-refractivity contribution in [3.63, 3.8) is 0 Å². The first-order valence-corrected chi connectivity index (χ1v) is 4.16. The van der Waals surface area contributed by atoms with Crippen LogP contribution in [0.25, 0.3) is 0 Å². The lowest BCUT2D eigenvalue weighted by molar-refractivity contribution is 0.101. The van der Waals surface area contributed by atoms with E-state index in [4.69, 9.17) is 11.6 Å². The van der Waals surface area contributed by atoms with Gasteiger partial charge in [-0.2, -0.15) is 0 Å². The van der Waals surface area contributed by atoms with E-state index in [2.05, 4.69) is 22.0 Å². The van der Waals surface area contributed by atoms with Gasteiger partial charge in [0.1, 0.15) is 0 Å². The van der Waals surface area contributed by atoms with E-state index in [1.54, 1.807) is 12.1 Å². The summed E-state index contributed by atoms with van der Waals surface area (Å²) in [7, 11) is 0. The van der Waals surface area contributed by atoms with Crippen LogP contribution in [-0.4, -0.2) is 5.78 Å². The van der Waals surface area contributed by atoms with E-state index in [0.717, 1.165) is 4.47 Å². The fourth-order valence-corrected chi connectivity index (χ4v) is 1.48. The molecule has 0 amide bonds. The smallest absolute Gasteiger partial charge is 0.161 e. The average Bonchev–Trinajstić information content (AvgIpc) is 1.85. The van der Waals surface area contributed by atoms with Crippen molar-refractivity contribution in [1.82, 2.24) is 0 Å². The topological polar surface area (TPSA) is 17.1 Å². The normalized spacial score (nSPS) is 9.73. The highest BCUT2D eigenvalue weighted by atomic mass is 79.9. The molecule has 0 unspecified atom stereocenters. The molecule has 0 N–H and O–H groups in total. The zero-order valence-electron chi connectivity index (χ0n) is 5.82. The summed E-state index contributed by atoms with van der Waals surface area (Å²) in [5.41, 5.74) is 0.509. The van der Waals surface area contributed by atoms with Gasteiger partial charge in [0.25, 0.3) is 0 Å². The van der Waals surface area contributed by atoms with Crippen LogP contribution in [0.5, 0.6) is 0 Å². The predicted octanol–water partition coefficient (Wildman–Crippen LogP) is 3.11. The molecule has 1 aromatic carbocycles. The largest absolute Gasteiger partial charge is 0.294 e. The van der Waals surface area contributed by atoms with Crippen molar-refractivity contribution in [2.45, 2.75) is 6.92 Å². The SMILES string of the molecule is CC(=O)c1c[c]c(Br)cc1Cl. The van der Waals surface area contributed by atoms with E-state index in [1.165, 1.54) is 6.92 Å². The molecule has 1 aromatic rings. The minimum atomic E-state index is -0.0428. The van der Waals surface area contributed by atoms with Gasteiger partial charge in [0.05, 0.1) is 5.02 Å². The Balaban J connectivity index is 3.20. The van der Waals surface area contributed by atoms with E-state index in [0.29, 0.717) is 10.6 Å². The molecule has 0 heterocycles. The number of hydrogen-bond acceptors (Lipinski definition) is 1. The first kappa shape index (κ1) is 8.75. The first-order chi connectivity index (χ1) is 5.11. The lowest BCUT2D eigenvalue weighted by Gasteiger charge is -1.98. The highest BCUT2D eigenvalue weighted by Crippen LogP contribution is 2.20. The molecule has 11 heavy (non-hydrogen) atoms. The second kappa shape index (κ2) is 3.37. The molecule has 0 aliphatic carbocycles. The van der Waals surface area contributed by atoms with Crippen molar-refractivity contribution in [3.8, 4) is 0 Å². The maximum Gasteiger partial charge on any atom is 0.161 e. The molecule has 1 rings (SSSR count). The summed E-state index contributed by atoms with van der Waals surface area (Å²) >= 11 is 8.95. The van der Waals surface area contributed by atoms with Crippen LogP contribution in [0.1, 0.15) is 17.3 Å². The van der Waals surface area contributed by atoms with Crippen LogP contribution >= 0.6 is 27.5 Å². The molecular formula is C8H5BrClO. The third-order valence-corrected chi connectivity index (χ3v) is 2.01. The number of ketones is 1. The van der Waals surface area contributed by atoms with Crippen molar-refractivity contribution in [2.75, 3.05) is 0 Å². The monoisotopic (exact) mass is 231 g/mol. The molecule has 0 saturated heterocycles. The van der Waals surface area contributed by atoms with Gasteiger partial charge in [-0.05, 0) is 25.1 Å².